The lowest BCUT2D eigenvalue weighted by atomic mass is 10.1. The molecule has 0 rings (SSSR count). The number of rotatable bonds is 16. The summed E-state index contributed by atoms with van der Waals surface area (Å²) in [4.78, 5) is 23.2. The zero-order valence-corrected chi connectivity index (χ0v) is 16.2. The molecule has 0 saturated heterocycles. The van der Waals surface area contributed by atoms with Gasteiger partial charge in [0.15, 0.2) is 0 Å². The maximum atomic E-state index is 11.6. The molecular weight excluding hydrogens is 328 g/mol. The average Bonchev–Trinajstić information content (AvgIpc) is 2.55. The highest BCUT2D eigenvalue weighted by Crippen LogP contribution is 2.08. The van der Waals surface area contributed by atoms with Gasteiger partial charge in [0, 0.05) is 18.7 Å². The van der Waals surface area contributed by atoms with E-state index in [1.807, 2.05) is 6.92 Å². The van der Waals surface area contributed by atoms with Crippen molar-refractivity contribution in [2.75, 3.05) is 12.5 Å². The third-order valence-electron chi connectivity index (χ3n) is 3.85. The Labute approximate surface area is 152 Å². The maximum absolute atomic E-state index is 11.6. The Morgan fingerprint density at radius 2 is 1.50 bits per heavy atom. The van der Waals surface area contributed by atoms with Crippen LogP contribution in [0, 0.1) is 0 Å². The summed E-state index contributed by atoms with van der Waals surface area (Å²) in [6.45, 7) is 4.51. The van der Waals surface area contributed by atoms with Crippen LogP contribution in [0.1, 0.15) is 90.9 Å². The van der Waals surface area contributed by atoms with Crippen molar-refractivity contribution in [2.24, 2.45) is 0 Å². The molecule has 4 nitrogen and oxygen atoms in total. The number of halogens is 1. The summed E-state index contributed by atoms with van der Waals surface area (Å²) in [7, 11) is 0. The lowest BCUT2D eigenvalue weighted by molar-refractivity contribution is -0.149. The topological polar surface area (TPSA) is 52.6 Å². The van der Waals surface area contributed by atoms with Gasteiger partial charge < -0.3 is 9.47 Å². The van der Waals surface area contributed by atoms with Gasteiger partial charge in [0.05, 0.1) is 12.7 Å². The van der Waals surface area contributed by atoms with Crippen LogP contribution in [0.3, 0.4) is 0 Å². The molecule has 0 heterocycles. The zero-order valence-electron chi connectivity index (χ0n) is 15.5. The number of hydrogen-bond acceptors (Lipinski definition) is 4. The van der Waals surface area contributed by atoms with Gasteiger partial charge in [-0.25, -0.2) is 0 Å². The lowest BCUT2D eigenvalue weighted by Gasteiger charge is -2.12. The molecule has 5 heteroatoms. The first-order chi connectivity index (χ1) is 11.6. The van der Waals surface area contributed by atoms with Crippen molar-refractivity contribution >= 4 is 23.5 Å². The minimum Gasteiger partial charge on any atom is -0.466 e. The number of alkyl halides is 1. The van der Waals surface area contributed by atoms with Gasteiger partial charge in [-0.15, -0.1) is 11.6 Å². The van der Waals surface area contributed by atoms with Gasteiger partial charge in [0.1, 0.15) is 0 Å². The molecule has 0 radical (unpaired) electrons. The molecule has 0 aliphatic rings. The molecule has 0 aliphatic carbocycles. The molecule has 1 unspecified atom stereocenters. The van der Waals surface area contributed by atoms with E-state index < -0.39 is 0 Å². The van der Waals surface area contributed by atoms with Gasteiger partial charge >= 0.3 is 11.9 Å². The Morgan fingerprint density at radius 3 is 2.17 bits per heavy atom. The third kappa shape index (κ3) is 16.1. The molecule has 0 saturated carbocycles. The van der Waals surface area contributed by atoms with Crippen molar-refractivity contribution in [3.63, 3.8) is 0 Å². The number of carbonyl (C=O) groups is 2. The van der Waals surface area contributed by atoms with E-state index in [-0.39, 0.29) is 30.9 Å². The van der Waals surface area contributed by atoms with Gasteiger partial charge in [-0.3, -0.25) is 9.59 Å². The SMILES string of the molecule is CCCCC(C)OC(=O)CCCC(=O)OCCCCCCCCCl. The fourth-order valence-corrected chi connectivity index (χ4v) is 2.56. The Kier molecular flexibility index (Phi) is 16.5. The normalized spacial score (nSPS) is 12.0. The van der Waals surface area contributed by atoms with E-state index in [1.54, 1.807) is 0 Å². The van der Waals surface area contributed by atoms with Crippen LogP contribution in [0.15, 0.2) is 0 Å². The first-order valence-electron chi connectivity index (χ1n) is 9.51. The molecule has 0 fully saturated rings. The van der Waals surface area contributed by atoms with Gasteiger partial charge in [0.25, 0.3) is 0 Å². The molecule has 0 N–H and O–H groups in total. The Hall–Kier alpha value is -0.770. The van der Waals surface area contributed by atoms with Crippen molar-refractivity contribution < 1.29 is 19.1 Å². The van der Waals surface area contributed by atoms with Crippen LogP contribution in [0.5, 0.6) is 0 Å². The number of hydrogen-bond donors (Lipinski definition) is 0. The van der Waals surface area contributed by atoms with Crippen molar-refractivity contribution in [3.8, 4) is 0 Å². The number of carbonyl (C=O) groups excluding carboxylic acids is 2. The van der Waals surface area contributed by atoms with E-state index in [4.69, 9.17) is 21.1 Å². The third-order valence-corrected chi connectivity index (χ3v) is 4.12. The summed E-state index contributed by atoms with van der Waals surface area (Å²) in [6, 6.07) is 0. The number of esters is 2. The smallest absolute Gasteiger partial charge is 0.306 e. The number of unbranched alkanes of at least 4 members (excludes halogenated alkanes) is 6. The second-order valence-corrected chi connectivity index (χ2v) is 6.70. The summed E-state index contributed by atoms with van der Waals surface area (Å²) in [5, 5.41) is 0. The molecule has 0 amide bonds. The van der Waals surface area contributed by atoms with Crippen molar-refractivity contribution in [2.45, 2.75) is 97.0 Å². The van der Waals surface area contributed by atoms with E-state index in [9.17, 15) is 9.59 Å². The molecule has 0 aliphatic heterocycles. The molecule has 0 aromatic heterocycles. The molecule has 0 spiro atoms. The Balaban J connectivity index is 3.44. The van der Waals surface area contributed by atoms with Crippen molar-refractivity contribution in [1.82, 2.24) is 0 Å². The number of ether oxygens (including phenoxy) is 2. The van der Waals surface area contributed by atoms with Gasteiger partial charge in [-0.2, -0.15) is 0 Å². The standard InChI is InChI=1S/C19H35ClO4/c1-3-4-12-17(2)24-19(22)14-11-13-18(21)23-16-10-8-6-5-7-9-15-20/h17H,3-16H2,1-2H3. The van der Waals surface area contributed by atoms with Gasteiger partial charge in [0.2, 0.25) is 0 Å². The highest BCUT2D eigenvalue weighted by Gasteiger charge is 2.10. The maximum Gasteiger partial charge on any atom is 0.306 e. The average molecular weight is 363 g/mol. The zero-order chi connectivity index (χ0) is 18.0. The quantitative estimate of drug-likeness (QED) is 0.209. The van der Waals surface area contributed by atoms with Gasteiger partial charge in [-0.1, -0.05) is 45.4 Å². The van der Waals surface area contributed by atoms with Gasteiger partial charge in [-0.05, 0) is 32.6 Å². The predicted octanol–water partition coefficient (Wildman–Crippen LogP) is 5.40. The van der Waals surface area contributed by atoms with E-state index in [1.165, 1.54) is 12.8 Å². The molecular formula is C19H35ClO4. The molecule has 0 aromatic carbocycles. The van der Waals surface area contributed by atoms with Crippen LogP contribution >= 0.6 is 11.6 Å². The van der Waals surface area contributed by atoms with E-state index in [2.05, 4.69) is 6.92 Å². The summed E-state index contributed by atoms with van der Waals surface area (Å²) in [5.74, 6) is 0.301. The second-order valence-electron chi connectivity index (χ2n) is 6.33. The monoisotopic (exact) mass is 362 g/mol. The fourth-order valence-electron chi connectivity index (χ4n) is 2.37. The Morgan fingerprint density at radius 1 is 0.875 bits per heavy atom. The van der Waals surface area contributed by atoms with Crippen LogP contribution in [0.2, 0.25) is 0 Å². The first kappa shape index (κ1) is 23.2. The summed E-state index contributed by atoms with van der Waals surface area (Å²) < 4.78 is 10.5. The van der Waals surface area contributed by atoms with Crippen LogP contribution in [0.25, 0.3) is 0 Å². The lowest BCUT2D eigenvalue weighted by Crippen LogP contribution is -2.15. The summed E-state index contributed by atoms with van der Waals surface area (Å²) in [6.07, 6.45) is 10.7. The molecule has 0 bridgehead atoms. The second kappa shape index (κ2) is 17.1. The minimum atomic E-state index is -0.219. The first-order valence-corrected chi connectivity index (χ1v) is 10.0. The van der Waals surface area contributed by atoms with Crippen LogP contribution in [0.4, 0.5) is 0 Å². The van der Waals surface area contributed by atoms with E-state index in [0.29, 0.717) is 13.0 Å². The molecule has 1 atom stereocenters. The molecule has 24 heavy (non-hydrogen) atoms. The van der Waals surface area contributed by atoms with E-state index >= 15 is 0 Å². The summed E-state index contributed by atoms with van der Waals surface area (Å²) >= 11 is 5.62. The Bertz CT molecular complexity index is 320. The molecule has 0 aromatic rings. The van der Waals surface area contributed by atoms with E-state index in [0.717, 1.165) is 50.8 Å². The van der Waals surface area contributed by atoms with Crippen LogP contribution in [-0.2, 0) is 19.1 Å². The van der Waals surface area contributed by atoms with Crippen molar-refractivity contribution in [1.29, 1.82) is 0 Å². The van der Waals surface area contributed by atoms with Crippen LogP contribution < -0.4 is 0 Å². The highest BCUT2D eigenvalue weighted by atomic mass is 35.5. The summed E-state index contributed by atoms with van der Waals surface area (Å²) in [5.41, 5.74) is 0. The van der Waals surface area contributed by atoms with Crippen LogP contribution in [-0.4, -0.2) is 30.5 Å². The highest BCUT2D eigenvalue weighted by molar-refractivity contribution is 6.17. The predicted molar refractivity (Wildman–Crippen MR) is 98.3 cm³/mol. The largest absolute Gasteiger partial charge is 0.466 e. The van der Waals surface area contributed by atoms with Crippen molar-refractivity contribution in [3.05, 3.63) is 0 Å². The molecule has 142 valence electrons. The fraction of sp³-hybridized carbons (Fsp3) is 0.895. The minimum absolute atomic E-state index is 0.0335.